The lowest BCUT2D eigenvalue weighted by atomic mass is 10.3. The molecule has 0 heterocycles. The lowest BCUT2D eigenvalue weighted by Gasteiger charge is -2.17. The zero-order chi connectivity index (χ0) is 12.5. The van der Waals surface area contributed by atoms with Crippen molar-refractivity contribution in [2.24, 2.45) is 0 Å². The summed E-state index contributed by atoms with van der Waals surface area (Å²) in [6.07, 6.45) is 2.08. The fourth-order valence-corrected chi connectivity index (χ4v) is 1.65. The van der Waals surface area contributed by atoms with E-state index in [0.717, 1.165) is 38.3 Å². The molecule has 2 nitrogen and oxygen atoms in total. The van der Waals surface area contributed by atoms with Gasteiger partial charge < -0.3 is 9.64 Å². The minimum atomic E-state index is 0.262. The van der Waals surface area contributed by atoms with Crippen molar-refractivity contribution >= 4 is 11.6 Å². The average molecular weight is 256 g/mol. The summed E-state index contributed by atoms with van der Waals surface area (Å²) in [5, 5.41) is 0.262. The summed E-state index contributed by atoms with van der Waals surface area (Å²) in [7, 11) is 2.13. The van der Waals surface area contributed by atoms with Gasteiger partial charge >= 0.3 is 0 Å². The Morgan fingerprint density at radius 3 is 2.59 bits per heavy atom. The molecule has 0 aromatic heterocycles. The molecule has 1 rings (SSSR count). The van der Waals surface area contributed by atoms with Crippen LogP contribution in [0.2, 0.25) is 0 Å². The molecule has 0 amide bonds. The molecule has 0 aliphatic carbocycles. The first-order chi connectivity index (χ1) is 8.18. The maximum Gasteiger partial charge on any atom is 0.119 e. The SMILES string of the molecule is CC(Cl)CCN(C)CCCOc1ccccc1. The largest absolute Gasteiger partial charge is 0.494 e. The number of benzene rings is 1. The summed E-state index contributed by atoms with van der Waals surface area (Å²) in [6.45, 7) is 4.91. The van der Waals surface area contributed by atoms with Crippen LogP contribution in [-0.4, -0.2) is 37.0 Å². The molecule has 0 radical (unpaired) electrons. The standard InChI is InChI=1S/C14H22ClNO/c1-13(15)9-11-16(2)10-6-12-17-14-7-4-3-5-8-14/h3-5,7-8,13H,6,9-12H2,1-2H3. The van der Waals surface area contributed by atoms with Gasteiger partial charge in [-0.05, 0) is 45.5 Å². The van der Waals surface area contributed by atoms with E-state index in [0.29, 0.717) is 0 Å². The summed E-state index contributed by atoms with van der Waals surface area (Å²) in [5.41, 5.74) is 0. The van der Waals surface area contributed by atoms with E-state index in [-0.39, 0.29) is 5.38 Å². The van der Waals surface area contributed by atoms with Gasteiger partial charge in [-0.3, -0.25) is 0 Å². The van der Waals surface area contributed by atoms with E-state index >= 15 is 0 Å². The van der Waals surface area contributed by atoms with Gasteiger partial charge in [-0.25, -0.2) is 0 Å². The molecule has 0 bridgehead atoms. The summed E-state index contributed by atoms with van der Waals surface area (Å²) < 4.78 is 5.63. The fraction of sp³-hybridized carbons (Fsp3) is 0.571. The van der Waals surface area contributed by atoms with E-state index in [2.05, 4.69) is 11.9 Å². The minimum Gasteiger partial charge on any atom is -0.494 e. The third kappa shape index (κ3) is 7.24. The van der Waals surface area contributed by atoms with Gasteiger partial charge in [-0.15, -0.1) is 11.6 Å². The molecular weight excluding hydrogens is 234 g/mol. The maximum atomic E-state index is 5.91. The minimum absolute atomic E-state index is 0.262. The zero-order valence-electron chi connectivity index (χ0n) is 10.7. The Balaban J connectivity index is 2.04. The Morgan fingerprint density at radius 1 is 1.24 bits per heavy atom. The highest BCUT2D eigenvalue weighted by molar-refractivity contribution is 6.20. The highest BCUT2D eigenvalue weighted by Crippen LogP contribution is 2.08. The lowest BCUT2D eigenvalue weighted by Crippen LogP contribution is -2.23. The second-order valence-corrected chi connectivity index (χ2v) is 5.13. The second kappa shape index (κ2) is 8.37. The predicted octanol–water partition coefficient (Wildman–Crippen LogP) is 3.40. The molecule has 1 aromatic carbocycles. The van der Waals surface area contributed by atoms with Crippen LogP contribution in [0.1, 0.15) is 19.8 Å². The summed E-state index contributed by atoms with van der Waals surface area (Å²) >= 11 is 5.91. The number of halogens is 1. The molecule has 0 N–H and O–H groups in total. The van der Waals surface area contributed by atoms with E-state index in [1.165, 1.54) is 0 Å². The molecule has 0 saturated heterocycles. The van der Waals surface area contributed by atoms with Crippen LogP contribution in [0, 0.1) is 0 Å². The van der Waals surface area contributed by atoms with E-state index in [1.807, 2.05) is 37.3 Å². The summed E-state index contributed by atoms with van der Waals surface area (Å²) in [5.74, 6) is 0.949. The van der Waals surface area contributed by atoms with E-state index in [9.17, 15) is 0 Å². The number of alkyl halides is 1. The van der Waals surface area contributed by atoms with Crippen molar-refractivity contribution in [1.82, 2.24) is 4.90 Å². The van der Waals surface area contributed by atoms with Crippen LogP contribution >= 0.6 is 11.6 Å². The number of para-hydroxylation sites is 1. The maximum absolute atomic E-state index is 5.91. The molecule has 1 aromatic rings. The normalized spacial score (nSPS) is 12.7. The average Bonchev–Trinajstić information content (AvgIpc) is 2.33. The van der Waals surface area contributed by atoms with Gasteiger partial charge in [0.15, 0.2) is 0 Å². The van der Waals surface area contributed by atoms with Crippen LogP contribution in [0.5, 0.6) is 5.75 Å². The third-order valence-corrected chi connectivity index (χ3v) is 2.82. The first-order valence-electron chi connectivity index (χ1n) is 6.19. The third-order valence-electron chi connectivity index (χ3n) is 2.60. The van der Waals surface area contributed by atoms with Crippen molar-refractivity contribution in [2.75, 3.05) is 26.7 Å². The van der Waals surface area contributed by atoms with Crippen molar-refractivity contribution in [2.45, 2.75) is 25.1 Å². The van der Waals surface area contributed by atoms with Gasteiger partial charge in [0, 0.05) is 11.9 Å². The van der Waals surface area contributed by atoms with Crippen LogP contribution in [-0.2, 0) is 0 Å². The van der Waals surface area contributed by atoms with Gasteiger partial charge in [-0.1, -0.05) is 18.2 Å². The Morgan fingerprint density at radius 2 is 1.94 bits per heavy atom. The molecule has 3 heteroatoms. The number of nitrogens with zero attached hydrogens (tertiary/aromatic N) is 1. The number of hydrogen-bond donors (Lipinski definition) is 0. The lowest BCUT2D eigenvalue weighted by molar-refractivity contribution is 0.261. The number of ether oxygens (including phenoxy) is 1. The topological polar surface area (TPSA) is 12.5 Å². The highest BCUT2D eigenvalue weighted by Gasteiger charge is 2.01. The van der Waals surface area contributed by atoms with E-state index < -0.39 is 0 Å². The second-order valence-electron chi connectivity index (χ2n) is 4.39. The molecule has 0 fully saturated rings. The quantitative estimate of drug-likeness (QED) is 0.521. The highest BCUT2D eigenvalue weighted by atomic mass is 35.5. The van der Waals surface area contributed by atoms with Crippen molar-refractivity contribution < 1.29 is 4.74 Å². The molecule has 0 aliphatic rings. The molecule has 1 atom stereocenters. The van der Waals surface area contributed by atoms with Gasteiger partial charge in [0.25, 0.3) is 0 Å². The van der Waals surface area contributed by atoms with Crippen molar-refractivity contribution in [3.8, 4) is 5.75 Å². The van der Waals surface area contributed by atoms with E-state index in [1.54, 1.807) is 0 Å². The van der Waals surface area contributed by atoms with Crippen molar-refractivity contribution in [3.05, 3.63) is 30.3 Å². The summed E-state index contributed by atoms with van der Waals surface area (Å²) in [6, 6.07) is 9.94. The first-order valence-corrected chi connectivity index (χ1v) is 6.62. The van der Waals surface area contributed by atoms with Crippen LogP contribution in [0.25, 0.3) is 0 Å². The molecular formula is C14H22ClNO. The molecule has 96 valence electrons. The van der Waals surface area contributed by atoms with Gasteiger partial charge in [0.1, 0.15) is 5.75 Å². The predicted molar refractivity (Wildman–Crippen MR) is 74.0 cm³/mol. The fourth-order valence-electron chi connectivity index (χ4n) is 1.55. The molecule has 0 saturated carbocycles. The number of hydrogen-bond acceptors (Lipinski definition) is 2. The van der Waals surface area contributed by atoms with Crippen LogP contribution in [0.4, 0.5) is 0 Å². The monoisotopic (exact) mass is 255 g/mol. The number of rotatable bonds is 8. The molecule has 0 spiro atoms. The van der Waals surface area contributed by atoms with Crippen LogP contribution in [0.15, 0.2) is 30.3 Å². The van der Waals surface area contributed by atoms with Gasteiger partial charge in [-0.2, -0.15) is 0 Å². The van der Waals surface area contributed by atoms with E-state index in [4.69, 9.17) is 16.3 Å². The Hall–Kier alpha value is -0.730. The molecule has 17 heavy (non-hydrogen) atoms. The Labute approximate surface area is 110 Å². The van der Waals surface area contributed by atoms with Crippen LogP contribution < -0.4 is 4.74 Å². The van der Waals surface area contributed by atoms with Crippen LogP contribution in [0.3, 0.4) is 0 Å². The first kappa shape index (κ1) is 14.3. The zero-order valence-corrected chi connectivity index (χ0v) is 11.5. The molecule has 0 aliphatic heterocycles. The van der Waals surface area contributed by atoms with Gasteiger partial charge in [0.05, 0.1) is 6.61 Å². The Kier molecular flexibility index (Phi) is 7.06. The van der Waals surface area contributed by atoms with Gasteiger partial charge in [0.2, 0.25) is 0 Å². The summed E-state index contributed by atoms with van der Waals surface area (Å²) in [4.78, 5) is 2.30. The molecule has 1 unspecified atom stereocenters. The van der Waals surface area contributed by atoms with Crippen molar-refractivity contribution in [1.29, 1.82) is 0 Å². The smallest absolute Gasteiger partial charge is 0.119 e. The van der Waals surface area contributed by atoms with Crippen molar-refractivity contribution in [3.63, 3.8) is 0 Å². The Bertz CT molecular complexity index is 290.